The fraction of sp³-hybridized carbons (Fsp3) is 0.947. The third-order valence-electron chi connectivity index (χ3n) is 5.65. The number of Topliss-reactive ketones (excluding diaryl/α,β-unsaturated/α-hetero) is 1. The lowest BCUT2D eigenvalue weighted by Gasteiger charge is -2.36. The van der Waals surface area contributed by atoms with E-state index < -0.39 is 0 Å². The van der Waals surface area contributed by atoms with Gasteiger partial charge in [-0.25, -0.2) is 0 Å². The first-order chi connectivity index (χ1) is 9.26. The Morgan fingerprint density at radius 1 is 0.850 bits per heavy atom. The second kappa shape index (κ2) is 6.20. The number of carbonyl (C=O) groups is 1. The third-order valence-corrected chi connectivity index (χ3v) is 5.65. The number of ketones is 1. The van der Waals surface area contributed by atoms with Gasteiger partial charge >= 0.3 is 0 Å². The summed E-state index contributed by atoms with van der Waals surface area (Å²) in [5.74, 6) is 1.89. The molecule has 0 heterocycles. The molecule has 2 fully saturated rings. The zero-order valence-corrected chi connectivity index (χ0v) is 14.1. The van der Waals surface area contributed by atoms with Crippen molar-refractivity contribution >= 4 is 5.78 Å². The van der Waals surface area contributed by atoms with Crippen molar-refractivity contribution in [3.05, 3.63) is 0 Å². The van der Waals surface area contributed by atoms with E-state index >= 15 is 0 Å². The molecule has 0 bridgehead atoms. The molecule has 0 aromatic rings. The zero-order valence-electron chi connectivity index (χ0n) is 14.1. The molecule has 0 aliphatic heterocycles. The number of hydrogen-bond acceptors (Lipinski definition) is 1. The Kier molecular flexibility index (Phi) is 4.97. The van der Waals surface area contributed by atoms with E-state index in [9.17, 15) is 4.79 Å². The minimum absolute atomic E-state index is 0.468. The summed E-state index contributed by atoms with van der Waals surface area (Å²) in [6, 6.07) is 0. The van der Waals surface area contributed by atoms with Gasteiger partial charge in [-0.3, -0.25) is 4.79 Å². The molecular formula is C19H34O. The fourth-order valence-electron chi connectivity index (χ4n) is 4.79. The maximum atomic E-state index is 12.4. The van der Waals surface area contributed by atoms with Crippen molar-refractivity contribution in [2.24, 2.45) is 22.7 Å². The van der Waals surface area contributed by atoms with Crippen LogP contribution in [0.25, 0.3) is 0 Å². The van der Waals surface area contributed by atoms with Crippen LogP contribution in [0.2, 0.25) is 0 Å². The minimum Gasteiger partial charge on any atom is -0.300 e. The van der Waals surface area contributed by atoms with E-state index in [0.29, 0.717) is 28.4 Å². The number of rotatable bonds is 4. The van der Waals surface area contributed by atoms with E-state index in [2.05, 4.69) is 27.7 Å². The van der Waals surface area contributed by atoms with Crippen LogP contribution >= 0.6 is 0 Å². The summed E-state index contributed by atoms with van der Waals surface area (Å²) in [5, 5.41) is 0. The molecule has 0 aromatic carbocycles. The largest absolute Gasteiger partial charge is 0.300 e. The van der Waals surface area contributed by atoms with Crippen LogP contribution in [0.15, 0.2) is 0 Å². The van der Waals surface area contributed by atoms with Crippen LogP contribution in [0.3, 0.4) is 0 Å². The SMILES string of the molecule is CC1(C)CCCC(CC(=O)CC2CCCC(C)(C)C2)C1. The van der Waals surface area contributed by atoms with E-state index in [1.54, 1.807) is 0 Å². The first-order valence-electron chi connectivity index (χ1n) is 8.77. The van der Waals surface area contributed by atoms with Gasteiger partial charge in [-0.05, 0) is 61.2 Å². The molecule has 20 heavy (non-hydrogen) atoms. The van der Waals surface area contributed by atoms with Gasteiger partial charge in [-0.15, -0.1) is 0 Å². The standard InChI is InChI=1S/C19H34O/c1-18(2)9-5-7-15(13-18)11-17(20)12-16-8-6-10-19(3,4)14-16/h15-16H,5-14H2,1-4H3. The molecule has 0 N–H and O–H groups in total. The molecule has 2 saturated carbocycles. The van der Waals surface area contributed by atoms with E-state index in [1.165, 1.54) is 51.4 Å². The van der Waals surface area contributed by atoms with Crippen molar-refractivity contribution in [3.8, 4) is 0 Å². The van der Waals surface area contributed by atoms with Crippen molar-refractivity contribution < 1.29 is 4.79 Å². The fourth-order valence-corrected chi connectivity index (χ4v) is 4.79. The predicted octanol–water partition coefficient (Wildman–Crippen LogP) is 5.77. The molecule has 2 unspecified atom stereocenters. The predicted molar refractivity (Wildman–Crippen MR) is 85.7 cm³/mol. The van der Waals surface area contributed by atoms with Crippen molar-refractivity contribution in [1.82, 2.24) is 0 Å². The molecule has 1 heteroatoms. The summed E-state index contributed by atoms with van der Waals surface area (Å²) >= 11 is 0. The lowest BCUT2D eigenvalue weighted by molar-refractivity contribution is -0.121. The molecule has 0 amide bonds. The summed E-state index contributed by atoms with van der Waals surface area (Å²) in [6.07, 6.45) is 12.1. The Morgan fingerprint density at radius 2 is 1.25 bits per heavy atom. The maximum absolute atomic E-state index is 12.4. The molecule has 2 rings (SSSR count). The van der Waals surface area contributed by atoms with Crippen LogP contribution in [0, 0.1) is 22.7 Å². The third kappa shape index (κ3) is 4.90. The lowest BCUT2D eigenvalue weighted by Crippen LogP contribution is -2.27. The van der Waals surface area contributed by atoms with Gasteiger partial charge in [0.15, 0.2) is 0 Å². The molecule has 0 saturated heterocycles. The van der Waals surface area contributed by atoms with E-state index in [1.807, 2.05) is 0 Å². The van der Waals surface area contributed by atoms with Gasteiger partial charge in [0, 0.05) is 12.8 Å². The highest BCUT2D eigenvalue weighted by atomic mass is 16.1. The Morgan fingerprint density at radius 3 is 1.60 bits per heavy atom. The topological polar surface area (TPSA) is 17.1 Å². The van der Waals surface area contributed by atoms with Crippen molar-refractivity contribution in [3.63, 3.8) is 0 Å². The smallest absolute Gasteiger partial charge is 0.133 e. The summed E-state index contributed by atoms with van der Waals surface area (Å²) in [7, 11) is 0. The monoisotopic (exact) mass is 278 g/mol. The highest BCUT2D eigenvalue weighted by Crippen LogP contribution is 2.42. The van der Waals surface area contributed by atoms with Crippen LogP contribution in [-0.2, 0) is 4.79 Å². The number of hydrogen-bond donors (Lipinski definition) is 0. The molecular weight excluding hydrogens is 244 g/mol. The number of carbonyl (C=O) groups excluding carboxylic acids is 1. The maximum Gasteiger partial charge on any atom is 0.133 e. The lowest BCUT2D eigenvalue weighted by atomic mass is 9.69. The second-order valence-electron chi connectivity index (χ2n) is 9.20. The Bertz CT molecular complexity index is 308. The van der Waals surface area contributed by atoms with Gasteiger partial charge in [0.25, 0.3) is 0 Å². The summed E-state index contributed by atoms with van der Waals surface area (Å²) in [5.41, 5.74) is 0.937. The van der Waals surface area contributed by atoms with E-state index in [0.717, 1.165) is 12.8 Å². The highest BCUT2D eigenvalue weighted by Gasteiger charge is 2.32. The molecule has 116 valence electrons. The van der Waals surface area contributed by atoms with Gasteiger partial charge in [0.2, 0.25) is 0 Å². The quantitative estimate of drug-likeness (QED) is 0.638. The molecule has 2 aliphatic rings. The van der Waals surface area contributed by atoms with Crippen molar-refractivity contribution in [2.45, 2.75) is 91.9 Å². The van der Waals surface area contributed by atoms with Crippen LogP contribution < -0.4 is 0 Å². The van der Waals surface area contributed by atoms with Gasteiger partial charge < -0.3 is 0 Å². The first kappa shape index (κ1) is 16.0. The summed E-state index contributed by atoms with van der Waals surface area (Å²) in [6.45, 7) is 9.47. The first-order valence-corrected chi connectivity index (χ1v) is 8.77. The second-order valence-corrected chi connectivity index (χ2v) is 9.20. The Balaban J connectivity index is 1.78. The average Bonchev–Trinajstić information content (AvgIpc) is 2.25. The van der Waals surface area contributed by atoms with Gasteiger partial charge in [0.1, 0.15) is 5.78 Å². The molecule has 2 atom stereocenters. The van der Waals surface area contributed by atoms with Crippen molar-refractivity contribution in [2.75, 3.05) is 0 Å². The van der Waals surface area contributed by atoms with E-state index in [4.69, 9.17) is 0 Å². The van der Waals surface area contributed by atoms with Crippen LogP contribution in [0.1, 0.15) is 91.9 Å². The summed E-state index contributed by atoms with van der Waals surface area (Å²) < 4.78 is 0. The molecule has 0 radical (unpaired) electrons. The van der Waals surface area contributed by atoms with Gasteiger partial charge in [-0.2, -0.15) is 0 Å². The van der Waals surface area contributed by atoms with Crippen LogP contribution in [-0.4, -0.2) is 5.78 Å². The molecule has 2 aliphatic carbocycles. The van der Waals surface area contributed by atoms with E-state index in [-0.39, 0.29) is 0 Å². The molecule has 0 aromatic heterocycles. The molecule has 0 spiro atoms. The van der Waals surface area contributed by atoms with Crippen molar-refractivity contribution in [1.29, 1.82) is 0 Å². The average molecular weight is 278 g/mol. The Hall–Kier alpha value is -0.330. The highest BCUT2D eigenvalue weighted by molar-refractivity contribution is 5.78. The van der Waals surface area contributed by atoms with Gasteiger partial charge in [0.05, 0.1) is 0 Å². The van der Waals surface area contributed by atoms with Crippen LogP contribution in [0.4, 0.5) is 0 Å². The normalized spacial score (nSPS) is 32.8. The van der Waals surface area contributed by atoms with Gasteiger partial charge in [-0.1, -0.05) is 40.5 Å². The van der Waals surface area contributed by atoms with Crippen LogP contribution in [0.5, 0.6) is 0 Å². The minimum atomic E-state index is 0.468. The molecule has 1 nitrogen and oxygen atoms in total. The Labute approximate surface area is 125 Å². The zero-order chi connectivity index (χ0) is 14.8. The summed E-state index contributed by atoms with van der Waals surface area (Å²) in [4.78, 5) is 12.4.